The van der Waals surface area contributed by atoms with Crippen molar-refractivity contribution in [2.24, 2.45) is 23.0 Å². The summed E-state index contributed by atoms with van der Waals surface area (Å²) in [7, 11) is 0. The van der Waals surface area contributed by atoms with Crippen LogP contribution in [0.2, 0.25) is 0 Å². The summed E-state index contributed by atoms with van der Waals surface area (Å²) in [6.07, 6.45) is 6.90. The van der Waals surface area contributed by atoms with Crippen LogP contribution in [0, 0.1) is 17.3 Å². The van der Waals surface area contributed by atoms with E-state index in [9.17, 15) is 0 Å². The molecule has 0 radical (unpaired) electrons. The first-order chi connectivity index (χ1) is 5.74. The second kappa shape index (κ2) is 2.73. The highest BCUT2D eigenvalue weighted by molar-refractivity contribution is 5.07. The van der Waals surface area contributed by atoms with Crippen LogP contribution in [-0.4, -0.2) is 6.04 Å². The predicted molar refractivity (Wildman–Crippen MR) is 51.8 cm³/mol. The maximum atomic E-state index is 6.32. The molecule has 2 aliphatic rings. The third-order valence-electron chi connectivity index (χ3n) is 4.77. The minimum atomic E-state index is 0.520. The molecule has 12 heavy (non-hydrogen) atoms. The molecule has 2 bridgehead atoms. The number of fused-ring (bicyclic) bond motifs is 2. The van der Waals surface area contributed by atoms with Crippen molar-refractivity contribution in [2.45, 2.75) is 52.0 Å². The van der Waals surface area contributed by atoms with Gasteiger partial charge in [0, 0.05) is 6.04 Å². The van der Waals surface area contributed by atoms with Crippen LogP contribution in [0.15, 0.2) is 0 Å². The van der Waals surface area contributed by atoms with Crippen molar-refractivity contribution in [3.8, 4) is 0 Å². The molecular formula is C11H21N. The van der Waals surface area contributed by atoms with Crippen molar-refractivity contribution in [3.63, 3.8) is 0 Å². The lowest BCUT2D eigenvalue weighted by Gasteiger charge is -2.41. The van der Waals surface area contributed by atoms with Gasteiger partial charge < -0.3 is 5.73 Å². The van der Waals surface area contributed by atoms with Crippen LogP contribution in [0.1, 0.15) is 46.0 Å². The maximum absolute atomic E-state index is 6.32. The molecule has 0 unspecified atom stereocenters. The van der Waals surface area contributed by atoms with E-state index >= 15 is 0 Å². The first kappa shape index (κ1) is 8.55. The lowest BCUT2D eigenvalue weighted by atomic mass is 9.67. The molecule has 0 heterocycles. The molecule has 0 aliphatic heterocycles. The lowest BCUT2D eigenvalue weighted by Crippen LogP contribution is -2.45. The van der Waals surface area contributed by atoms with Gasteiger partial charge >= 0.3 is 0 Å². The van der Waals surface area contributed by atoms with Gasteiger partial charge in [0.2, 0.25) is 0 Å². The summed E-state index contributed by atoms with van der Waals surface area (Å²) < 4.78 is 0. The Hall–Kier alpha value is -0.0400. The second-order valence-corrected chi connectivity index (χ2v) is 4.74. The highest BCUT2D eigenvalue weighted by Gasteiger charge is 2.54. The molecule has 0 aromatic rings. The summed E-state index contributed by atoms with van der Waals surface area (Å²) in [6, 6.07) is 0.520. The zero-order valence-corrected chi connectivity index (χ0v) is 8.34. The summed E-state index contributed by atoms with van der Waals surface area (Å²) in [4.78, 5) is 0. The van der Waals surface area contributed by atoms with Crippen molar-refractivity contribution < 1.29 is 0 Å². The molecule has 70 valence electrons. The van der Waals surface area contributed by atoms with E-state index in [0.717, 1.165) is 11.8 Å². The van der Waals surface area contributed by atoms with Crippen molar-refractivity contribution in [1.82, 2.24) is 0 Å². The number of hydrogen-bond donors (Lipinski definition) is 1. The Balaban J connectivity index is 2.24. The first-order valence-electron chi connectivity index (χ1n) is 5.50. The molecule has 0 saturated heterocycles. The van der Waals surface area contributed by atoms with Gasteiger partial charge in [0.1, 0.15) is 0 Å². The second-order valence-electron chi connectivity index (χ2n) is 4.74. The van der Waals surface area contributed by atoms with Crippen LogP contribution < -0.4 is 5.73 Å². The van der Waals surface area contributed by atoms with Crippen LogP contribution >= 0.6 is 0 Å². The van der Waals surface area contributed by atoms with E-state index in [1.165, 1.54) is 32.1 Å². The largest absolute Gasteiger partial charge is 0.327 e. The third-order valence-corrected chi connectivity index (χ3v) is 4.77. The Morgan fingerprint density at radius 2 is 1.92 bits per heavy atom. The normalized spacial score (nSPS) is 43.8. The lowest BCUT2D eigenvalue weighted by molar-refractivity contribution is 0.119. The zero-order chi connectivity index (χ0) is 8.77. The fourth-order valence-electron chi connectivity index (χ4n) is 3.91. The fourth-order valence-corrected chi connectivity index (χ4v) is 3.91. The molecule has 2 N–H and O–H groups in total. The van der Waals surface area contributed by atoms with E-state index in [4.69, 9.17) is 5.73 Å². The third kappa shape index (κ3) is 0.834. The summed E-state index contributed by atoms with van der Waals surface area (Å²) >= 11 is 0. The first-order valence-corrected chi connectivity index (χ1v) is 5.50. The molecule has 1 nitrogen and oxygen atoms in total. The molecule has 0 amide bonds. The summed E-state index contributed by atoms with van der Waals surface area (Å²) in [6.45, 7) is 4.65. The van der Waals surface area contributed by atoms with Crippen LogP contribution in [0.3, 0.4) is 0 Å². The molecule has 2 aliphatic carbocycles. The van der Waals surface area contributed by atoms with Gasteiger partial charge in [-0.2, -0.15) is 0 Å². The van der Waals surface area contributed by atoms with E-state index < -0.39 is 0 Å². The Morgan fingerprint density at radius 1 is 1.25 bits per heavy atom. The Bertz CT molecular complexity index is 168. The molecular weight excluding hydrogens is 146 g/mol. The Morgan fingerprint density at radius 3 is 2.25 bits per heavy atom. The number of hydrogen-bond acceptors (Lipinski definition) is 1. The number of nitrogens with two attached hydrogens (primary N) is 1. The van der Waals surface area contributed by atoms with Gasteiger partial charge in [0.05, 0.1) is 0 Å². The quantitative estimate of drug-likeness (QED) is 0.672. The molecule has 0 aromatic heterocycles. The highest BCUT2D eigenvalue weighted by atomic mass is 14.8. The Labute approximate surface area is 75.7 Å². The fraction of sp³-hybridized carbons (Fsp3) is 1.00. The SMILES string of the molecule is CCC1(CC)[C@H]2CC[C@H](C2)[C@H]1N. The van der Waals surface area contributed by atoms with Gasteiger partial charge in [-0.3, -0.25) is 0 Å². The number of rotatable bonds is 2. The minimum Gasteiger partial charge on any atom is -0.327 e. The molecule has 2 rings (SSSR count). The molecule has 2 saturated carbocycles. The molecule has 0 aromatic carbocycles. The maximum Gasteiger partial charge on any atom is 0.0127 e. The van der Waals surface area contributed by atoms with Gasteiger partial charge in [-0.1, -0.05) is 13.8 Å². The zero-order valence-electron chi connectivity index (χ0n) is 8.34. The average molecular weight is 167 g/mol. The van der Waals surface area contributed by atoms with Crippen molar-refractivity contribution >= 4 is 0 Å². The van der Waals surface area contributed by atoms with Crippen LogP contribution in [0.25, 0.3) is 0 Å². The monoisotopic (exact) mass is 167 g/mol. The smallest absolute Gasteiger partial charge is 0.0127 e. The highest BCUT2D eigenvalue weighted by Crippen LogP contribution is 2.58. The van der Waals surface area contributed by atoms with E-state index in [1.807, 2.05) is 0 Å². The van der Waals surface area contributed by atoms with Gasteiger partial charge in [0.15, 0.2) is 0 Å². The van der Waals surface area contributed by atoms with Gasteiger partial charge in [-0.25, -0.2) is 0 Å². The van der Waals surface area contributed by atoms with Crippen molar-refractivity contribution in [1.29, 1.82) is 0 Å². The average Bonchev–Trinajstić information content (AvgIpc) is 2.64. The van der Waals surface area contributed by atoms with E-state index in [2.05, 4.69) is 13.8 Å². The standard InChI is InChI=1S/C11H21N/c1-3-11(4-2)9-6-5-8(7-9)10(11)12/h8-10H,3-7,12H2,1-2H3/t8-,9+,10-/m1/s1. The minimum absolute atomic E-state index is 0.520. The molecule has 2 fully saturated rings. The van der Waals surface area contributed by atoms with Gasteiger partial charge in [-0.15, -0.1) is 0 Å². The van der Waals surface area contributed by atoms with Crippen LogP contribution in [0.4, 0.5) is 0 Å². The van der Waals surface area contributed by atoms with Crippen LogP contribution in [0.5, 0.6) is 0 Å². The van der Waals surface area contributed by atoms with Crippen LogP contribution in [-0.2, 0) is 0 Å². The van der Waals surface area contributed by atoms with Crippen molar-refractivity contribution in [2.75, 3.05) is 0 Å². The molecule has 0 spiro atoms. The molecule has 3 atom stereocenters. The summed E-state index contributed by atoms with van der Waals surface area (Å²) in [5.41, 5.74) is 6.85. The summed E-state index contributed by atoms with van der Waals surface area (Å²) in [5.74, 6) is 1.84. The van der Waals surface area contributed by atoms with E-state index in [0.29, 0.717) is 11.5 Å². The van der Waals surface area contributed by atoms with Gasteiger partial charge in [-0.05, 0) is 49.4 Å². The predicted octanol–water partition coefficient (Wildman–Crippen LogP) is 2.55. The van der Waals surface area contributed by atoms with Crippen molar-refractivity contribution in [3.05, 3.63) is 0 Å². The topological polar surface area (TPSA) is 26.0 Å². The van der Waals surface area contributed by atoms with Gasteiger partial charge in [0.25, 0.3) is 0 Å². The molecule has 1 heteroatoms. The van der Waals surface area contributed by atoms with E-state index in [1.54, 1.807) is 0 Å². The summed E-state index contributed by atoms with van der Waals surface area (Å²) in [5, 5.41) is 0. The Kier molecular flexibility index (Phi) is 1.95. The van der Waals surface area contributed by atoms with E-state index in [-0.39, 0.29) is 0 Å².